The second-order valence-corrected chi connectivity index (χ2v) is 5.74. The zero-order valence-electron chi connectivity index (χ0n) is 10.5. The quantitative estimate of drug-likeness (QED) is 0.874. The first kappa shape index (κ1) is 11.2. The summed E-state index contributed by atoms with van der Waals surface area (Å²) < 4.78 is 5.32. The minimum atomic E-state index is -0.331. The number of rotatable bonds is 3. The van der Waals surface area contributed by atoms with Crippen molar-refractivity contribution < 1.29 is 4.52 Å². The van der Waals surface area contributed by atoms with E-state index in [0.717, 1.165) is 30.5 Å². The molecule has 2 N–H and O–H groups in total. The summed E-state index contributed by atoms with van der Waals surface area (Å²) in [6.45, 7) is 2.26. The highest BCUT2D eigenvalue weighted by atomic mass is 16.5. The van der Waals surface area contributed by atoms with E-state index in [4.69, 9.17) is 10.3 Å². The molecule has 0 amide bonds. The third kappa shape index (κ3) is 2.10. The van der Waals surface area contributed by atoms with E-state index in [0.29, 0.717) is 5.92 Å². The van der Waals surface area contributed by atoms with Crippen molar-refractivity contribution in [2.75, 3.05) is 0 Å². The smallest absolute Gasteiger partial charge is 0.229 e. The Balaban J connectivity index is 1.73. The molecule has 1 heterocycles. The number of nitrogens with two attached hydrogens (primary N) is 1. The van der Waals surface area contributed by atoms with Gasteiger partial charge >= 0.3 is 0 Å². The first-order valence-electron chi connectivity index (χ1n) is 6.84. The van der Waals surface area contributed by atoms with E-state index in [1.807, 2.05) is 0 Å². The van der Waals surface area contributed by atoms with Crippen molar-refractivity contribution in [2.45, 2.75) is 63.3 Å². The topological polar surface area (TPSA) is 64.9 Å². The maximum atomic E-state index is 6.45. The van der Waals surface area contributed by atoms with Crippen LogP contribution in [0.15, 0.2) is 4.52 Å². The monoisotopic (exact) mass is 235 g/mol. The van der Waals surface area contributed by atoms with Gasteiger partial charge in [-0.25, -0.2) is 0 Å². The Hall–Kier alpha value is -0.900. The highest BCUT2D eigenvalue weighted by Gasteiger charge is 2.38. The van der Waals surface area contributed by atoms with E-state index in [1.54, 1.807) is 0 Å². The predicted octanol–water partition coefficient (Wildman–Crippen LogP) is 2.70. The van der Waals surface area contributed by atoms with Crippen LogP contribution in [0.3, 0.4) is 0 Å². The highest BCUT2D eigenvalue weighted by Crippen LogP contribution is 2.41. The summed E-state index contributed by atoms with van der Waals surface area (Å²) in [6.07, 6.45) is 8.02. The largest absolute Gasteiger partial charge is 0.339 e. The number of hydrogen-bond acceptors (Lipinski definition) is 4. The molecule has 3 rings (SSSR count). The van der Waals surface area contributed by atoms with Crippen molar-refractivity contribution >= 4 is 0 Å². The van der Waals surface area contributed by atoms with Gasteiger partial charge in [0.2, 0.25) is 5.89 Å². The molecule has 0 unspecified atom stereocenters. The lowest BCUT2D eigenvalue weighted by molar-refractivity contribution is 0.216. The van der Waals surface area contributed by atoms with Gasteiger partial charge in [-0.1, -0.05) is 18.5 Å². The summed E-state index contributed by atoms with van der Waals surface area (Å²) in [7, 11) is 0. The molecule has 0 aromatic carbocycles. The lowest BCUT2D eigenvalue weighted by atomic mass is 9.76. The number of aromatic nitrogens is 2. The Kier molecular flexibility index (Phi) is 2.69. The third-order valence-electron chi connectivity index (χ3n) is 4.39. The standard InChI is InChI=1S/C13H21N3O/c1-2-9-5-7-13(14,8-6-9)12-15-11(17-16-12)10-3-4-10/h9-10H,2-8,14H2,1H3. The maximum absolute atomic E-state index is 6.45. The predicted molar refractivity (Wildman–Crippen MR) is 64.4 cm³/mol. The lowest BCUT2D eigenvalue weighted by Crippen LogP contribution is -2.41. The minimum Gasteiger partial charge on any atom is -0.339 e. The molecule has 0 atom stereocenters. The average molecular weight is 235 g/mol. The summed E-state index contributed by atoms with van der Waals surface area (Å²) in [5, 5.41) is 4.11. The van der Waals surface area contributed by atoms with Crippen molar-refractivity contribution in [1.82, 2.24) is 10.1 Å². The molecule has 1 aromatic rings. The molecule has 94 valence electrons. The van der Waals surface area contributed by atoms with E-state index in [-0.39, 0.29) is 5.54 Å². The highest BCUT2D eigenvalue weighted by molar-refractivity contribution is 5.09. The fraction of sp³-hybridized carbons (Fsp3) is 0.846. The molecular weight excluding hydrogens is 214 g/mol. The second kappa shape index (κ2) is 4.09. The molecule has 0 saturated heterocycles. The van der Waals surface area contributed by atoms with Gasteiger partial charge in [0.25, 0.3) is 0 Å². The van der Waals surface area contributed by atoms with Crippen molar-refractivity contribution in [3.63, 3.8) is 0 Å². The van der Waals surface area contributed by atoms with Crippen LogP contribution in [0.1, 0.15) is 69.5 Å². The zero-order chi connectivity index (χ0) is 11.9. The lowest BCUT2D eigenvalue weighted by Gasteiger charge is -2.34. The van der Waals surface area contributed by atoms with Crippen LogP contribution in [-0.2, 0) is 5.54 Å². The van der Waals surface area contributed by atoms with Gasteiger partial charge in [0.1, 0.15) is 0 Å². The maximum Gasteiger partial charge on any atom is 0.229 e. The van der Waals surface area contributed by atoms with Gasteiger partial charge in [-0.05, 0) is 44.4 Å². The van der Waals surface area contributed by atoms with Gasteiger partial charge in [0.05, 0.1) is 5.54 Å². The van der Waals surface area contributed by atoms with E-state index in [2.05, 4.69) is 17.1 Å². The van der Waals surface area contributed by atoms with Crippen LogP contribution in [-0.4, -0.2) is 10.1 Å². The molecule has 2 aliphatic rings. The summed E-state index contributed by atoms with van der Waals surface area (Å²) in [5.74, 6) is 2.91. The summed E-state index contributed by atoms with van der Waals surface area (Å²) in [5.41, 5.74) is 6.12. The molecule has 2 fully saturated rings. The van der Waals surface area contributed by atoms with Crippen LogP contribution in [0, 0.1) is 5.92 Å². The van der Waals surface area contributed by atoms with Crippen LogP contribution in [0.25, 0.3) is 0 Å². The minimum absolute atomic E-state index is 0.331. The molecule has 2 aliphatic carbocycles. The molecule has 0 spiro atoms. The molecule has 0 bridgehead atoms. The van der Waals surface area contributed by atoms with Gasteiger partial charge < -0.3 is 10.3 Å². The fourth-order valence-corrected chi connectivity index (χ4v) is 2.76. The van der Waals surface area contributed by atoms with Gasteiger partial charge in [-0.15, -0.1) is 0 Å². The first-order chi connectivity index (χ1) is 8.21. The van der Waals surface area contributed by atoms with Crippen LogP contribution in [0.5, 0.6) is 0 Å². The first-order valence-corrected chi connectivity index (χ1v) is 6.84. The molecule has 2 saturated carbocycles. The molecule has 0 aliphatic heterocycles. The Bertz CT molecular complexity index is 389. The fourth-order valence-electron chi connectivity index (χ4n) is 2.76. The van der Waals surface area contributed by atoms with E-state index >= 15 is 0 Å². The molecule has 0 radical (unpaired) electrons. The molecule has 4 heteroatoms. The van der Waals surface area contributed by atoms with Gasteiger partial charge in [0, 0.05) is 5.92 Å². The summed E-state index contributed by atoms with van der Waals surface area (Å²) in [4.78, 5) is 4.52. The van der Waals surface area contributed by atoms with Crippen LogP contribution >= 0.6 is 0 Å². The number of hydrogen-bond donors (Lipinski definition) is 1. The Labute approximate surface area is 102 Å². The molecule has 4 nitrogen and oxygen atoms in total. The van der Waals surface area contributed by atoms with Gasteiger partial charge in [-0.2, -0.15) is 4.98 Å². The summed E-state index contributed by atoms with van der Waals surface area (Å²) >= 11 is 0. The Morgan fingerprint density at radius 2 is 2.00 bits per heavy atom. The van der Waals surface area contributed by atoms with Crippen molar-refractivity contribution in [3.8, 4) is 0 Å². The van der Waals surface area contributed by atoms with Gasteiger partial charge in [0.15, 0.2) is 5.82 Å². The normalized spacial score (nSPS) is 33.9. The number of nitrogens with zero attached hydrogens (tertiary/aromatic N) is 2. The molecule has 17 heavy (non-hydrogen) atoms. The van der Waals surface area contributed by atoms with Gasteiger partial charge in [-0.3, -0.25) is 0 Å². The van der Waals surface area contributed by atoms with Crippen LogP contribution in [0.4, 0.5) is 0 Å². The second-order valence-electron chi connectivity index (χ2n) is 5.74. The van der Waals surface area contributed by atoms with E-state index in [1.165, 1.54) is 32.1 Å². The van der Waals surface area contributed by atoms with Crippen LogP contribution < -0.4 is 5.73 Å². The van der Waals surface area contributed by atoms with E-state index < -0.39 is 0 Å². The van der Waals surface area contributed by atoms with Crippen molar-refractivity contribution in [3.05, 3.63) is 11.7 Å². The third-order valence-corrected chi connectivity index (χ3v) is 4.39. The average Bonchev–Trinajstić information content (AvgIpc) is 3.08. The zero-order valence-corrected chi connectivity index (χ0v) is 10.5. The SMILES string of the molecule is CCC1CCC(N)(c2noc(C3CC3)n2)CC1. The Morgan fingerprint density at radius 1 is 1.29 bits per heavy atom. The Morgan fingerprint density at radius 3 is 2.59 bits per heavy atom. The summed E-state index contributed by atoms with van der Waals surface area (Å²) in [6, 6.07) is 0. The molecule has 1 aromatic heterocycles. The van der Waals surface area contributed by atoms with E-state index in [9.17, 15) is 0 Å². The van der Waals surface area contributed by atoms with Crippen molar-refractivity contribution in [1.29, 1.82) is 0 Å². The molecular formula is C13H21N3O. The van der Waals surface area contributed by atoms with Crippen molar-refractivity contribution in [2.24, 2.45) is 11.7 Å². The van der Waals surface area contributed by atoms with Crippen LogP contribution in [0.2, 0.25) is 0 Å².